The lowest BCUT2D eigenvalue weighted by atomic mass is 9.92. The second-order valence-electron chi connectivity index (χ2n) is 6.92. The molecule has 0 fully saturated rings. The van der Waals surface area contributed by atoms with Gasteiger partial charge >= 0.3 is 0 Å². The van der Waals surface area contributed by atoms with Crippen LogP contribution in [0.15, 0.2) is 54.6 Å². The van der Waals surface area contributed by atoms with E-state index in [0.29, 0.717) is 11.1 Å². The van der Waals surface area contributed by atoms with E-state index in [1.165, 1.54) is 24.3 Å². The first-order valence-corrected chi connectivity index (χ1v) is 12.2. The Morgan fingerprint density at radius 2 is 1.03 bits per heavy atom. The van der Waals surface area contributed by atoms with Crippen molar-refractivity contribution in [2.24, 2.45) is 0 Å². The molecule has 0 atom stereocenters. The van der Waals surface area contributed by atoms with Crippen molar-refractivity contribution < 1.29 is 4.39 Å². The SMILES string of the molecule is Fc1c(-c2ccccc2)c(Cl)c(-c2cc(Cl)c(Cl)cc2Cl)c(Cl)c1-c1c(Cl)cc(Cl)cc1Cl. The normalized spacial score (nSPS) is 11.2. The lowest BCUT2D eigenvalue weighted by Gasteiger charge is -2.21. The zero-order valence-electron chi connectivity index (χ0n) is 16.1. The van der Waals surface area contributed by atoms with E-state index in [-0.39, 0.29) is 62.4 Å². The van der Waals surface area contributed by atoms with Gasteiger partial charge in [0.15, 0.2) is 0 Å². The van der Waals surface area contributed by atoms with Gasteiger partial charge < -0.3 is 0 Å². The largest absolute Gasteiger partial charge is 0.206 e. The third-order valence-corrected chi connectivity index (χ3v) is 7.52. The van der Waals surface area contributed by atoms with Crippen molar-refractivity contribution >= 4 is 92.8 Å². The summed E-state index contributed by atoms with van der Waals surface area (Å²) in [4.78, 5) is 0. The van der Waals surface area contributed by atoms with Gasteiger partial charge in [0.1, 0.15) is 5.82 Å². The Morgan fingerprint density at radius 1 is 0.485 bits per heavy atom. The zero-order chi connectivity index (χ0) is 24.0. The van der Waals surface area contributed by atoms with Crippen LogP contribution < -0.4 is 0 Å². The maximum absolute atomic E-state index is 16.2. The highest BCUT2D eigenvalue weighted by atomic mass is 35.5. The number of hydrogen-bond donors (Lipinski definition) is 0. The van der Waals surface area contributed by atoms with Crippen LogP contribution in [0, 0.1) is 5.82 Å². The maximum Gasteiger partial charge on any atom is 0.141 e. The molecule has 0 heterocycles. The monoisotopic (exact) mass is 596 g/mol. The molecular formula is C24H9Cl8F. The smallest absolute Gasteiger partial charge is 0.141 e. The summed E-state index contributed by atoms with van der Waals surface area (Å²) in [6, 6.07) is 14.6. The highest BCUT2D eigenvalue weighted by Gasteiger charge is 2.29. The lowest BCUT2D eigenvalue weighted by molar-refractivity contribution is 0.635. The van der Waals surface area contributed by atoms with Gasteiger partial charge in [-0.05, 0) is 29.8 Å². The predicted octanol–water partition coefficient (Wildman–Crippen LogP) is 12.1. The Balaban J connectivity index is 2.20. The molecule has 0 aliphatic heterocycles. The summed E-state index contributed by atoms with van der Waals surface area (Å²) in [5, 5.41) is 1.18. The van der Waals surface area contributed by atoms with Crippen molar-refractivity contribution in [3.63, 3.8) is 0 Å². The van der Waals surface area contributed by atoms with Crippen molar-refractivity contribution in [3.8, 4) is 33.4 Å². The molecule has 33 heavy (non-hydrogen) atoms. The van der Waals surface area contributed by atoms with Gasteiger partial charge in [0.2, 0.25) is 0 Å². The average Bonchev–Trinajstić information content (AvgIpc) is 2.74. The van der Waals surface area contributed by atoms with E-state index in [2.05, 4.69) is 0 Å². The Kier molecular flexibility index (Phi) is 7.65. The Hall–Kier alpha value is -0.870. The molecule has 0 aromatic heterocycles. The molecule has 0 saturated carbocycles. The fraction of sp³-hybridized carbons (Fsp3) is 0. The summed E-state index contributed by atoms with van der Waals surface area (Å²) in [7, 11) is 0. The van der Waals surface area contributed by atoms with Crippen LogP contribution in [-0.2, 0) is 0 Å². The van der Waals surface area contributed by atoms with E-state index in [0.717, 1.165) is 0 Å². The molecule has 0 aliphatic rings. The standard InChI is InChI=1S/C24H9Cl8F/c25-11-6-16(29)20(17(30)7-11)21-23(32)19(12-8-14(27)15(28)9-13(12)26)22(31)18(24(21)33)10-4-2-1-3-5-10/h1-9H. The summed E-state index contributed by atoms with van der Waals surface area (Å²) >= 11 is 51.3. The van der Waals surface area contributed by atoms with Crippen LogP contribution in [0.1, 0.15) is 0 Å². The molecule has 4 aromatic carbocycles. The molecule has 0 amide bonds. The summed E-state index contributed by atoms with van der Waals surface area (Å²) < 4.78 is 16.2. The first-order chi connectivity index (χ1) is 15.6. The minimum Gasteiger partial charge on any atom is -0.206 e. The van der Waals surface area contributed by atoms with Crippen molar-refractivity contribution in [2.45, 2.75) is 0 Å². The van der Waals surface area contributed by atoms with Gasteiger partial charge in [-0.2, -0.15) is 0 Å². The Bertz CT molecular complexity index is 1380. The van der Waals surface area contributed by atoms with Crippen molar-refractivity contribution in [1.82, 2.24) is 0 Å². The van der Waals surface area contributed by atoms with E-state index < -0.39 is 5.82 Å². The second kappa shape index (κ2) is 10.0. The molecule has 0 nitrogen and oxygen atoms in total. The third-order valence-electron chi connectivity index (χ3n) is 4.92. The van der Waals surface area contributed by atoms with Crippen molar-refractivity contribution in [2.75, 3.05) is 0 Å². The van der Waals surface area contributed by atoms with Crippen LogP contribution in [0.3, 0.4) is 0 Å². The number of rotatable bonds is 3. The Morgan fingerprint density at radius 3 is 1.64 bits per heavy atom. The molecule has 4 aromatic rings. The van der Waals surface area contributed by atoms with Crippen molar-refractivity contribution in [1.29, 1.82) is 0 Å². The summed E-state index contributed by atoms with van der Waals surface area (Å²) in [6.45, 7) is 0. The molecule has 0 radical (unpaired) electrons. The van der Waals surface area contributed by atoms with E-state index in [9.17, 15) is 0 Å². The van der Waals surface area contributed by atoms with Crippen LogP contribution in [0.4, 0.5) is 4.39 Å². The predicted molar refractivity (Wildman–Crippen MR) is 143 cm³/mol. The summed E-state index contributed by atoms with van der Waals surface area (Å²) in [5.74, 6) is -0.706. The molecule has 0 unspecified atom stereocenters. The average molecular weight is 600 g/mol. The second-order valence-corrected chi connectivity index (χ2v) is 10.2. The highest BCUT2D eigenvalue weighted by Crippen LogP contribution is 2.53. The van der Waals surface area contributed by atoms with Gasteiger partial charge in [-0.1, -0.05) is 123 Å². The molecule has 9 heteroatoms. The third kappa shape index (κ3) is 4.68. The molecule has 0 aliphatic carbocycles. The van der Waals surface area contributed by atoms with Crippen molar-refractivity contribution in [3.05, 3.63) is 101 Å². The van der Waals surface area contributed by atoms with Gasteiger partial charge in [-0.3, -0.25) is 0 Å². The first kappa shape index (κ1) is 25.2. The summed E-state index contributed by atoms with van der Waals surface area (Å²) in [6.07, 6.45) is 0. The molecule has 4 rings (SSSR count). The van der Waals surface area contributed by atoms with E-state index in [1.54, 1.807) is 30.3 Å². The van der Waals surface area contributed by atoms with Crippen LogP contribution in [0.25, 0.3) is 33.4 Å². The minimum absolute atomic E-state index is 0.0361. The fourth-order valence-electron chi connectivity index (χ4n) is 3.47. The van der Waals surface area contributed by atoms with Gasteiger partial charge in [-0.25, -0.2) is 4.39 Å². The minimum atomic E-state index is -0.706. The number of benzene rings is 4. The lowest BCUT2D eigenvalue weighted by Crippen LogP contribution is -1.98. The van der Waals surface area contributed by atoms with E-state index in [1.807, 2.05) is 0 Å². The quantitative estimate of drug-likeness (QED) is 0.205. The molecule has 0 saturated heterocycles. The van der Waals surface area contributed by atoms with Crippen LogP contribution in [0.5, 0.6) is 0 Å². The van der Waals surface area contributed by atoms with Gasteiger partial charge in [0.05, 0.1) is 35.2 Å². The molecule has 0 N–H and O–H groups in total. The number of halogens is 9. The Labute approximate surface area is 229 Å². The topological polar surface area (TPSA) is 0 Å². The van der Waals surface area contributed by atoms with Gasteiger partial charge in [0.25, 0.3) is 0 Å². The molecular weight excluding hydrogens is 591 g/mol. The van der Waals surface area contributed by atoms with Crippen LogP contribution in [0.2, 0.25) is 40.2 Å². The fourth-order valence-corrected chi connectivity index (χ4v) is 5.93. The number of hydrogen-bond acceptors (Lipinski definition) is 0. The highest BCUT2D eigenvalue weighted by molar-refractivity contribution is 6.48. The molecule has 168 valence electrons. The van der Waals surface area contributed by atoms with E-state index >= 15 is 4.39 Å². The zero-order valence-corrected chi connectivity index (χ0v) is 22.1. The van der Waals surface area contributed by atoms with E-state index in [4.69, 9.17) is 92.8 Å². The van der Waals surface area contributed by atoms with Gasteiger partial charge in [-0.15, -0.1) is 0 Å². The van der Waals surface area contributed by atoms with Crippen LogP contribution >= 0.6 is 92.8 Å². The molecule has 0 bridgehead atoms. The maximum atomic E-state index is 16.2. The van der Waals surface area contributed by atoms with Gasteiger partial charge in [0, 0.05) is 32.8 Å². The molecule has 0 spiro atoms. The van der Waals surface area contributed by atoms with Crippen LogP contribution in [-0.4, -0.2) is 0 Å². The first-order valence-electron chi connectivity index (χ1n) is 9.17. The summed E-state index contributed by atoms with van der Waals surface area (Å²) in [5.41, 5.74) is 1.33.